The van der Waals surface area contributed by atoms with Gasteiger partial charge in [0.15, 0.2) is 0 Å². The molecule has 0 radical (unpaired) electrons. The third-order valence-corrected chi connectivity index (χ3v) is 4.37. The van der Waals surface area contributed by atoms with Gasteiger partial charge in [-0.2, -0.15) is 0 Å². The van der Waals surface area contributed by atoms with Gasteiger partial charge in [0.2, 0.25) is 0 Å². The van der Waals surface area contributed by atoms with Crippen molar-refractivity contribution in [1.82, 2.24) is 4.89 Å². The number of hydrogen-bond donors (Lipinski definition) is 2. The minimum atomic E-state index is -3.80. The Hall–Kier alpha value is -1.71. The molecule has 0 heterocycles. The molecule has 0 aliphatic carbocycles. The molecular weight excluding hydrogens is 306 g/mol. The fraction of sp³-hybridized carbons (Fsp3) is 0.286. The molecule has 0 atom stereocenters. The second kappa shape index (κ2) is 7.03. The van der Waals surface area contributed by atoms with Crippen LogP contribution in [0.3, 0.4) is 0 Å². The Kier molecular flexibility index (Phi) is 5.33. The van der Waals surface area contributed by atoms with E-state index in [4.69, 9.17) is 10.7 Å². The molecule has 7 nitrogen and oxygen atoms in total. The molecule has 2 rings (SSSR count). The van der Waals surface area contributed by atoms with Crippen LogP contribution in [0.15, 0.2) is 41.3 Å². The molecule has 0 amide bonds. The molecule has 8 heteroatoms. The van der Waals surface area contributed by atoms with Gasteiger partial charge in [0.1, 0.15) is 0 Å². The van der Waals surface area contributed by atoms with Crippen molar-refractivity contribution in [1.29, 1.82) is 0 Å². The van der Waals surface area contributed by atoms with Crippen molar-refractivity contribution in [2.45, 2.75) is 4.90 Å². The summed E-state index contributed by atoms with van der Waals surface area (Å²) < 4.78 is 24.7. The van der Waals surface area contributed by atoms with Crippen LogP contribution < -0.4 is 15.7 Å². The number of benzene rings is 2. The van der Waals surface area contributed by atoms with E-state index in [1.807, 2.05) is 37.2 Å². The molecular formula is C14H19N3O4S. The van der Waals surface area contributed by atoms with Gasteiger partial charge in [0.05, 0.1) is 18.1 Å². The first-order valence-corrected chi connectivity index (χ1v) is 8.10. The van der Waals surface area contributed by atoms with E-state index in [1.54, 1.807) is 12.1 Å². The quantitative estimate of drug-likeness (QED) is 0.583. The lowest BCUT2D eigenvalue weighted by atomic mass is 10.1. The highest BCUT2D eigenvalue weighted by Gasteiger charge is 2.18. The molecule has 0 fully saturated rings. The Morgan fingerprint density at radius 1 is 1.09 bits per heavy atom. The first-order chi connectivity index (χ1) is 10.5. The highest BCUT2D eigenvalue weighted by Crippen LogP contribution is 2.29. The first-order valence-electron chi connectivity index (χ1n) is 6.61. The zero-order valence-corrected chi connectivity index (χ0v) is 13.3. The van der Waals surface area contributed by atoms with Crippen molar-refractivity contribution in [3.8, 4) is 0 Å². The maximum atomic E-state index is 12.4. The van der Waals surface area contributed by atoms with E-state index in [2.05, 4.69) is 9.72 Å². The van der Waals surface area contributed by atoms with Crippen molar-refractivity contribution in [2.75, 3.05) is 32.2 Å². The normalized spacial score (nSPS) is 11.8. The monoisotopic (exact) mass is 325 g/mol. The molecule has 0 aliphatic heterocycles. The largest absolute Gasteiger partial charge is 0.377 e. The summed E-state index contributed by atoms with van der Waals surface area (Å²) in [5, 5.41) is 1.47. The molecule has 3 N–H and O–H groups in total. The molecule has 0 aliphatic rings. The molecule has 2 aromatic carbocycles. The summed E-state index contributed by atoms with van der Waals surface area (Å²) >= 11 is 0. The van der Waals surface area contributed by atoms with Gasteiger partial charge in [0.25, 0.3) is 10.0 Å². The number of nitrogens with one attached hydrogen (secondary N) is 1. The van der Waals surface area contributed by atoms with E-state index in [1.165, 1.54) is 6.07 Å². The number of sulfonamides is 1. The minimum absolute atomic E-state index is 0.0173. The van der Waals surface area contributed by atoms with Gasteiger partial charge in [-0.1, -0.05) is 29.2 Å². The van der Waals surface area contributed by atoms with E-state index in [9.17, 15) is 8.42 Å². The van der Waals surface area contributed by atoms with Crippen LogP contribution in [0.1, 0.15) is 0 Å². The van der Waals surface area contributed by atoms with Gasteiger partial charge in [-0.25, -0.2) is 14.3 Å². The summed E-state index contributed by atoms with van der Waals surface area (Å²) in [7, 11) is 0.0168. The lowest BCUT2D eigenvalue weighted by Gasteiger charge is -2.17. The fourth-order valence-electron chi connectivity index (χ4n) is 2.14. The fourth-order valence-corrected chi connectivity index (χ4v) is 3.20. The Balaban J connectivity index is 2.41. The number of fused-ring (bicyclic) bond motifs is 1. The zero-order chi connectivity index (χ0) is 16.2. The Labute approximate surface area is 129 Å². The Bertz CT molecular complexity index is 747. The summed E-state index contributed by atoms with van der Waals surface area (Å²) in [4.78, 5) is 13.3. The van der Waals surface area contributed by atoms with Gasteiger partial charge in [0, 0.05) is 30.6 Å². The summed E-state index contributed by atoms with van der Waals surface area (Å²) in [6.07, 6.45) is 0. The van der Waals surface area contributed by atoms with Crippen molar-refractivity contribution in [3.05, 3.63) is 36.4 Å². The lowest BCUT2D eigenvalue weighted by molar-refractivity contribution is 0.0261. The number of rotatable bonds is 7. The van der Waals surface area contributed by atoms with Gasteiger partial charge in [-0.3, -0.25) is 4.84 Å². The maximum Gasteiger partial charge on any atom is 0.263 e. The van der Waals surface area contributed by atoms with Gasteiger partial charge >= 0.3 is 0 Å². The van der Waals surface area contributed by atoms with Crippen molar-refractivity contribution in [3.63, 3.8) is 0 Å². The van der Waals surface area contributed by atoms with E-state index >= 15 is 0 Å². The molecule has 0 bridgehead atoms. The standard InChI is InChI=1S/C14H19N3O4S/c1-17(2)13-7-3-6-12-11(13)5-4-8-14(12)22(18,19)16-21-10-9-20-15/h3-8,16H,9-10,15H2,1-2H3. The summed E-state index contributed by atoms with van der Waals surface area (Å²) in [5.74, 6) is 4.85. The maximum absolute atomic E-state index is 12.4. The predicted molar refractivity (Wildman–Crippen MR) is 84.7 cm³/mol. The molecule has 2 aromatic rings. The molecule has 0 saturated carbocycles. The summed E-state index contributed by atoms with van der Waals surface area (Å²) in [6, 6.07) is 10.6. The van der Waals surface area contributed by atoms with Crippen molar-refractivity contribution in [2.24, 2.45) is 5.90 Å². The lowest BCUT2D eigenvalue weighted by Crippen LogP contribution is -2.26. The van der Waals surface area contributed by atoms with E-state index < -0.39 is 10.0 Å². The van der Waals surface area contributed by atoms with Crippen LogP contribution in [0, 0.1) is 0 Å². The van der Waals surface area contributed by atoms with Gasteiger partial charge < -0.3 is 9.74 Å². The van der Waals surface area contributed by atoms with Gasteiger partial charge in [-0.15, -0.1) is 0 Å². The summed E-state index contributed by atoms with van der Waals surface area (Å²) in [6.45, 7) is 0.103. The Morgan fingerprint density at radius 2 is 1.77 bits per heavy atom. The number of hydrogen-bond acceptors (Lipinski definition) is 6. The molecule has 0 aromatic heterocycles. The SMILES string of the molecule is CN(C)c1cccc2c(S(=O)(=O)NOCCON)cccc12. The van der Waals surface area contributed by atoms with Crippen LogP contribution in [0.25, 0.3) is 10.8 Å². The van der Waals surface area contributed by atoms with E-state index in [-0.39, 0.29) is 18.1 Å². The highest BCUT2D eigenvalue weighted by atomic mass is 32.2. The van der Waals surface area contributed by atoms with Crippen LogP contribution >= 0.6 is 0 Å². The Morgan fingerprint density at radius 3 is 2.45 bits per heavy atom. The predicted octanol–water partition coefficient (Wildman–Crippen LogP) is 1.01. The van der Waals surface area contributed by atoms with E-state index in [0.29, 0.717) is 5.39 Å². The smallest absolute Gasteiger partial charge is 0.263 e. The number of anilines is 1. The zero-order valence-electron chi connectivity index (χ0n) is 12.4. The molecule has 0 spiro atoms. The van der Waals surface area contributed by atoms with Crippen molar-refractivity contribution < 1.29 is 18.1 Å². The van der Waals surface area contributed by atoms with Gasteiger partial charge in [-0.05, 0) is 12.1 Å². The summed E-state index contributed by atoms with van der Waals surface area (Å²) in [5.41, 5.74) is 0.937. The third-order valence-electron chi connectivity index (χ3n) is 3.10. The minimum Gasteiger partial charge on any atom is -0.377 e. The molecule has 22 heavy (non-hydrogen) atoms. The molecule has 0 saturated heterocycles. The van der Waals surface area contributed by atoms with Crippen LogP contribution in [0.4, 0.5) is 5.69 Å². The van der Waals surface area contributed by atoms with Crippen LogP contribution in [-0.2, 0) is 19.7 Å². The first kappa shape index (κ1) is 16.7. The second-order valence-electron chi connectivity index (χ2n) is 4.83. The van der Waals surface area contributed by atoms with Crippen LogP contribution in [0.5, 0.6) is 0 Å². The van der Waals surface area contributed by atoms with E-state index in [0.717, 1.165) is 11.1 Å². The third kappa shape index (κ3) is 3.54. The number of nitrogens with two attached hydrogens (primary N) is 1. The highest BCUT2D eigenvalue weighted by molar-refractivity contribution is 7.89. The van der Waals surface area contributed by atoms with Crippen molar-refractivity contribution >= 4 is 26.5 Å². The molecule has 120 valence electrons. The topological polar surface area (TPSA) is 93.9 Å². The second-order valence-corrected chi connectivity index (χ2v) is 6.44. The average Bonchev–Trinajstić information content (AvgIpc) is 2.50. The van der Waals surface area contributed by atoms with Crippen LogP contribution in [-0.4, -0.2) is 35.7 Å². The average molecular weight is 325 g/mol. The molecule has 0 unspecified atom stereocenters. The van der Waals surface area contributed by atoms with Crippen LogP contribution in [0.2, 0.25) is 0 Å². The number of nitrogens with zero attached hydrogens (tertiary/aromatic N) is 1.